The number of nitrogens with one attached hydrogen (secondary N) is 1. The van der Waals surface area contributed by atoms with E-state index < -0.39 is 32.8 Å². The van der Waals surface area contributed by atoms with Gasteiger partial charge in [-0.3, -0.25) is 23.5 Å². The number of ether oxygens (including phenoxy) is 4. The maximum Gasteiger partial charge on any atom is 0.369 e. The molecule has 4 rings (SSSR count). The van der Waals surface area contributed by atoms with Crippen molar-refractivity contribution in [3.63, 3.8) is 0 Å². The molecule has 19 nitrogen and oxygen atoms in total. The minimum absolute atomic E-state index is 0.00447. The van der Waals surface area contributed by atoms with Gasteiger partial charge in [-0.1, -0.05) is 18.2 Å². The number of nitrogens with zero attached hydrogens (tertiary/aromatic N) is 1. The van der Waals surface area contributed by atoms with E-state index in [-0.39, 0.29) is 104 Å². The van der Waals surface area contributed by atoms with Crippen LogP contribution in [0.15, 0.2) is 76.2 Å². The van der Waals surface area contributed by atoms with Crippen molar-refractivity contribution < 1.29 is 81.5 Å². The molecule has 8 N–H and O–H groups in total. The Morgan fingerprint density at radius 1 is 0.850 bits per heavy atom. The third-order valence-electron chi connectivity index (χ3n) is 9.15. The molecule has 1 amide bonds. The lowest BCUT2D eigenvalue weighted by atomic mass is 10.1. The number of Topliss-reactive ketones (excluding diaryl/α,β-unsaturated/α-hetero) is 1. The smallest absolute Gasteiger partial charge is 0.369 e. The van der Waals surface area contributed by atoms with Gasteiger partial charge in [-0.15, -0.1) is 0 Å². The van der Waals surface area contributed by atoms with E-state index in [1.54, 1.807) is 43.3 Å². The van der Waals surface area contributed by atoms with Crippen molar-refractivity contribution in [3.05, 3.63) is 93.9 Å². The topological polar surface area (TPSA) is 293 Å². The molecule has 2 aromatic heterocycles. The molecule has 0 saturated heterocycles. The zero-order valence-corrected chi connectivity index (χ0v) is 34.7. The number of hydrogen-bond acceptors (Lipinski definition) is 13. The highest BCUT2D eigenvalue weighted by Crippen LogP contribution is 2.68. The van der Waals surface area contributed by atoms with Gasteiger partial charge in [0.15, 0.2) is 35.7 Å². The quantitative estimate of drug-likeness (QED) is 0.0254. The molecule has 21 heteroatoms. The number of ketones is 1. The van der Waals surface area contributed by atoms with Gasteiger partial charge in [-0.25, -0.2) is 4.57 Å². The molecule has 1 atom stereocenters. The van der Waals surface area contributed by atoms with Gasteiger partial charge >= 0.3 is 15.2 Å². The predicted octanol–water partition coefficient (Wildman–Crippen LogP) is 1.90. The highest BCUT2D eigenvalue weighted by Gasteiger charge is 2.59. The van der Waals surface area contributed by atoms with Gasteiger partial charge in [-0.2, -0.15) is 0 Å². The molecule has 0 fully saturated rings. The minimum Gasteiger partial charge on any atom is -0.504 e. The Kier molecular flexibility index (Phi) is 18.2. The molecular formula is C39H51N2O17P2+. The number of fused-ring (bicyclic) bond motifs is 1. The SMILES string of the molecule is Cc1ccc2c(=O)cc(-c3ccc(C(=O)NCCOCCOCCOCCOCCC(=O)CCC(O)C[n+]4cccc(CC(O)(P(=O)(O)O)P(=O)(O)O)c4)cc3)oc2c1O. The Morgan fingerprint density at radius 2 is 1.45 bits per heavy atom. The van der Waals surface area contributed by atoms with Gasteiger partial charge in [0.2, 0.25) is 0 Å². The number of aliphatic hydroxyl groups excluding tert-OH is 1. The highest BCUT2D eigenvalue weighted by molar-refractivity contribution is 7.72. The Bertz CT molecular complexity index is 2180. The molecule has 0 aliphatic carbocycles. The normalized spacial score (nSPS) is 12.8. The van der Waals surface area contributed by atoms with Crippen LogP contribution in [-0.4, -0.2) is 117 Å². The average molecular weight is 882 g/mol. The number of pyridine rings is 1. The second-order valence-corrected chi connectivity index (χ2v) is 17.8. The van der Waals surface area contributed by atoms with Crippen LogP contribution in [0.4, 0.5) is 0 Å². The van der Waals surface area contributed by atoms with Crippen molar-refractivity contribution in [3.8, 4) is 17.1 Å². The summed E-state index contributed by atoms with van der Waals surface area (Å²) in [5, 5.41) is 30.3. The van der Waals surface area contributed by atoms with Crippen molar-refractivity contribution in [2.75, 3.05) is 59.4 Å². The molecule has 0 radical (unpaired) electrons. The summed E-state index contributed by atoms with van der Waals surface area (Å²) < 4.78 is 52.4. The third kappa shape index (κ3) is 14.2. The van der Waals surface area contributed by atoms with Crippen molar-refractivity contribution in [2.45, 2.75) is 50.3 Å². The van der Waals surface area contributed by atoms with E-state index in [4.69, 9.17) is 23.4 Å². The van der Waals surface area contributed by atoms with Crippen LogP contribution >= 0.6 is 15.2 Å². The van der Waals surface area contributed by atoms with E-state index in [2.05, 4.69) is 5.32 Å². The Morgan fingerprint density at radius 3 is 2.07 bits per heavy atom. The van der Waals surface area contributed by atoms with Crippen LogP contribution in [0.1, 0.15) is 40.7 Å². The highest BCUT2D eigenvalue weighted by atomic mass is 31.2. The molecule has 2 heterocycles. The Balaban J connectivity index is 0.977. The summed E-state index contributed by atoms with van der Waals surface area (Å²) in [5.41, 5.74) is 1.39. The van der Waals surface area contributed by atoms with Crippen LogP contribution in [0.3, 0.4) is 0 Å². The maximum absolute atomic E-state index is 12.5. The van der Waals surface area contributed by atoms with E-state index in [0.717, 1.165) is 0 Å². The second-order valence-electron chi connectivity index (χ2n) is 13.8. The molecule has 0 saturated carbocycles. The summed E-state index contributed by atoms with van der Waals surface area (Å²) in [4.78, 5) is 74.8. The molecule has 0 spiro atoms. The fraction of sp³-hybridized carbons (Fsp3) is 0.436. The lowest BCUT2D eigenvalue weighted by Crippen LogP contribution is -2.40. The number of carbonyl (C=O) groups excluding carboxylic acids is 2. The number of benzene rings is 2. The van der Waals surface area contributed by atoms with E-state index >= 15 is 0 Å². The van der Waals surface area contributed by atoms with Crippen molar-refractivity contribution in [1.29, 1.82) is 0 Å². The van der Waals surface area contributed by atoms with Crippen LogP contribution in [-0.2, 0) is 45.8 Å². The first-order valence-corrected chi connectivity index (χ1v) is 22.1. The third-order valence-corrected chi connectivity index (χ3v) is 12.9. The fourth-order valence-corrected chi connectivity index (χ4v) is 7.88. The molecule has 60 heavy (non-hydrogen) atoms. The monoisotopic (exact) mass is 881 g/mol. The number of rotatable bonds is 26. The van der Waals surface area contributed by atoms with Crippen LogP contribution < -0.4 is 15.3 Å². The van der Waals surface area contributed by atoms with Crippen LogP contribution in [0, 0.1) is 6.92 Å². The lowest BCUT2D eigenvalue weighted by Gasteiger charge is -2.28. The summed E-state index contributed by atoms with van der Waals surface area (Å²) in [6, 6.07) is 13.9. The summed E-state index contributed by atoms with van der Waals surface area (Å²) in [6.45, 7) is 4.21. The summed E-state index contributed by atoms with van der Waals surface area (Å²) in [7, 11) is -11.3. The molecule has 0 bridgehead atoms. The van der Waals surface area contributed by atoms with Gasteiger partial charge in [0.25, 0.3) is 11.0 Å². The van der Waals surface area contributed by atoms with Crippen LogP contribution in [0.25, 0.3) is 22.3 Å². The van der Waals surface area contributed by atoms with Gasteiger partial charge in [0, 0.05) is 54.6 Å². The number of phenols is 1. The molecule has 328 valence electrons. The molecular weight excluding hydrogens is 830 g/mol. The number of phenolic OH excluding ortho intramolecular Hbond substituents is 1. The molecule has 0 aliphatic heterocycles. The minimum atomic E-state index is -5.63. The first kappa shape index (κ1) is 48.5. The number of aromatic nitrogens is 1. The number of aryl methyl sites for hydroxylation is 1. The van der Waals surface area contributed by atoms with Crippen molar-refractivity contribution in [1.82, 2.24) is 5.32 Å². The summed E-state index contributed by atoms with van der Waals surface area (Å²) >= 11 is 0. The van der Waals surface area contributed by atoms with Gasteiger partial charge in [0.05, 0.1) is 58.2 Å². The van der Waals surface area contributed by atoms with Gasteiger partial charge in [0.1, 0.15) is 17.6 Å². The zero-order chi connectivity index (χ0) is 43.9. The first-order chi connectivity index (χ1) is 28.4. The Labute approximate surface area is 344 Å². The molecule has 1 unspecified atom stereocenters. The average Bonchev–Trinajstić information content (AvgIpc) is 3.19. The molecule has 0 aliphatic rings. The number of aliphatic hydroxyl groups is 2. The van der Waals surface area contributed by atoms with E-state index in [9.17, 15) is 58.4 Å². The standard InChI is InChI=1S/C39H50N2O17P2/c1-27-4-11-33-34(44)23-35(58-37(33)36(27)45)29-5-7-30(8-6-29)38(46)40-13-16-55-18-20-57-22-21-56-19-17-54-15-12-31(42)9-10-32(43)26-41-14-2-3-28(25-41)24-39(47,59(48,49)50)60(51,52)53/h2-8,11,14,23,25,32,43,47H,9-10,12-13,15-22,24,26H2,1H3,(H5-,40,45,46,48,49,50,51,52,53)/p+1. The number of carbonyl (C=O) groups is 2. The maximum atomic E-state index is 12.5. The number of aromatic hydroxyl groups is 1. The summed E-state index contributed by atoms with van der Waals surface area (Å²) in [6.07, 6.45) is 1.06. The molecule has 4 aromatic rings. The van der Waals surface area contributed by atoms with Gasteiger partial charge < -0.3 is 63.6 Å². The van der Waals surface area contributed by atoms with Crippen LogP contribution in [0.2, 0.25) is 0 Å². The van der Waals surface area contributed by atoms with Crippen LogP contribution in [0.5, 0.6) is 5.75 Å². The van der Waals surface area contributed by atoms with Crippen molar-refractivity contribution in [2.24, 2.45) is 0 Å². The predicted molar refractivity (Wildman–Crippen MR) is 214 cm³/mol. The number of hydrogen-bond donors (Lipinski definition) is 8. The van der Waals surface area contributed by atoms with E-state index in [1.807, 2.05) is 0 Å². The van der Waals surface area contributed by atoms with Crippen molar-refractivity contribution >= 4 is 37.9 Å². The first-order valence-electron chi connectivity index (χ1n) is 18.9. The lowest BCUT2D eigenvalue weighted by molar-refractivity contribution is -0.704. The largest absolute Gasteiger partial charge is 0.504 e. The zero-order valence-electron chi connectivity index (χ0n) is 32.9. The number of amides is 1. The second kappa shape index (κ2) is 22.6. The van der Waals surface area contributed by atoms with E-state index in [0.29, 0.717) is 43.1 Å². The van der Waals surface area contributed by atoms with E-state index in [1.165, 1.54) is 35.2 Å². The Hall–Kier alpha value is -4.20. The molecule has 2 aromatic carbocycles. The summed E-state index contributed by atoms with van der Waals surface area (Å²) in [5.74, 6) is -0.263. The van der Waals surface area contributed by atoms with Gasteiger partial charge in [-0.05, 0) is 43.2 Å². The fourth-order valence-electron chi connectivity index (χ4n) is 5.75.